The van der Waals surface area contributed by atoms with Gasteiger partial charge < -0.3 is 19.7 Å². The van der Waals surface area contributed by atoms with Gasteiger partial charge in [0.25, 0.3) is 5.91 Å². The number of anilines is 2. The van der Waals surface area contributed by atoms with Crippen molar-refractivity contribution in [1.82, 2.24) is 9.97 Å². The van der Waals surface area contributed by atoms with Crippen LogP contribution in [0.15, 0.2) is 24.3 Å². The number of rotatable bonds is 4. The monoisotopic (exact) mass is 390 g/mol. The summed E-state index contributed by atoms with van der Waals surface area (Å²) in [6.07, 6.45) is 0. The lowest BCUT2D eigenvalue weighted by atomic mass is 10.2. The van der Waals surface area contributed by atoms with E-state index in [4.69, 9.17) is 16.3 Å². The molecule has 8 nitrogen and oxygen atoms in total. The van der Waals surface area contributed by atoms with Crippen LogP contribution in [0.1, 0.15) is 26.7 Å². The fourth-order valence-electron chi connectivity index (χ4n) is 2.67. The predicted molar refractivity (Wildman–Crippen MR) is 101 cm³/mol. The summed E-state index contributed by atoms with van der Waals surface area (Å²) >= 11 is 6.14. The van der Waals surface area contributed by atoms with Gasteiger partial charge in [-0.1, -0.05) is 11.6 Å². The summed E-state index contributed by atoms with van der Waals surface area (Å²) < 4.78 is 10.0. The van der Waals surface area contributed by atoms with E-state index >= 15 is 0 Å². The molecule has 3 rings (SSSR count). The number of aromatic nitrogens is 2. The molecule has 2 aromatic rings. The number of benzene rings is 1. The van der Waals surface area contributed by atoms with Gasteiger partial charge in [-0.3, -0.25) is 4.79 Å². The number of morpholine rings is 1. The van der Waals surface area contributed by atoms with Crippen molar-refractivity contribution >= 4 is 35.0 Å². The minimum atomic E-state index is -0.519. The third-order valence-corrected chi connectivity index (χ3v) is 4.36. The Kier molecular flexibility index (Phi) is 5.88. The first-order valence-electron chi connectivity index (χ1n) is 8.35. The Morgan fingerprint density at radius 1 is 1.22 bits per heavy atom. The first-order chi connectivity index (χ1) is 13.0. The number of esters is 1. The number of methoxy groups -OCH3 is 1. The second-order valence-electron chi connectivity index (χ2n) is 5.90. The maximum atomic E-state index is 12.7. The number of aryl methyl sites for hydroxylation is 1. The quantitative estimate of drug-likeness (QED) is 0.800. The van der Waals surface area contributed by atoms with Crippen molar-refractivity contribution < 1.29 is 19.1 Å². The zero-order valence-corrected chi connectivity index (χ0v) is 15.7. The van der Waals surface area contributed by atoms with Crippen LogP contribution in [0.4, 0.5) is 11.5 Å². The van der Waals surface area contributed by atoms with Gasteiger partial charge in [0, 0.05) is 19.2 Å². The summed E-state index contributed by atoms with van der Waals surface area (Å²) in [5, 5.41) is 2.99. The first-order valence-corrected chi connectivity index (χ1v) is 8.73. The number of ether oxygens (including phenoxy) is 2. The summed E-state index contributed by atoms with van der Waals surface area (Å²) in [5.41, 5.74) is 0.794. The lowest BCUT2D eigenvalue weighted by Crippen LogP contribution is -2.37. The van der Waals surface area contributed by atoms with Crippen LogP contribution in [0.2, 0.25) is 5.02 Å². The summed E-state index contributed by atoms with van der Waals surface area (Å²) in [6.45, 7) is 4.35. The van der Waals surface area contributed by atoms with E-state index in [0.717, 1.165) is 0 Å². The fourth-order valence-corrected chi connectivity index (χ4v) is 2.84. The molecule has 0 bridgehead atoms. The highest BCUT2D eigenvalue weighted by molar-refractivity contribution is 6.34. The van der Waals surface area contributed by atoms with Crippen molar-refractivity contribution in [1.29, 1.82) is 0 Å². The van der Waals surface area contributed by atoms with Gasteiger partial charge in [0.1, 0.15) is 17.3 Å². The number of carbonyl (C=O) groups excluding carboxylic acids is 2. The average molecular weight is 391 g/mol. The third-order valence-electron chi connectivity index (χ3n) is 4.03. The number of amides is 1. The molecule has 1 saturated heterocycles. The Bertz CT molecular complexity index is 868. The number of nitrogens with one attached hydrogen (secondary N) is 1. The maximum Gasteiger partial charge on any atom is 0.337 e. The number of nitrogens with zero attached hydrogens (tertiary/aromatic N) is 3. The van der Waals surface area contributed by atoms with Gasteiger partial charge in [0.2, 0.25) is 0 Å². The van der Waals surface area contributed by atoms with E-state index in [1.54, 1.807) is 13.0 Å². The molecule has 1 amide bonds. The van der Waals surface area contributed by atoms with Gasteiger partial charge in [-0.15, -0.1) is 0 Å². The molecule has 0 spiro atoms. The van der Waals surface area contributed by atoms with Gasteiger partial charge in [-0.2, -0.15) is 0 Å². The molecule has 2 heterocycles. The highest BCUT2D eigenvalue weighted by Crippen LogP contribution is 2.24. The molecule has 1 aliphatic rings. The van der Waals surface area contributed by atoms with Crippen molar-refractivity contribution in [2.24, 2.45) is 0 Å². The largest absolute Gasteiger partial charge is 0.465 e. The number of hydrogen-bond donors (Lipinski definition) is 1. The van der Waals surface area contributed by atoms with Crippen molar-refractivity contribution in [2.75, 3.05) is 43.6 Å². The van der Waals surface area contributed by atoms with E-state index in [1.165, 1.54) is 25.3 Å². The Labute approximate surface area is 161 Å². The lowest BCUT2D eigenvalue weighted by molar-refractivity contribution is 0.0600. The van der Waals surface area contributed by atoms with Crippen LogP contribution >= 0.6 is 11.6 Å². The Morgan fingerprint density at radius 3 is 2.67 bits per heavy atom. The van der Waals surface area contributed by atoms with Crippen molar-refractivity contribution in [3.8, 4) is 0 Å². The molecule has 0 atom stereocenters. The Hall–Kier alpha value is -2.71. The van der Waals surface area contributed by atoms with Crippen LogP contribution in [0, 0.1) is 6.92 Å². The maximum absolute atomic E-state index is 12.7. The highest BCUT2D eigenvalue weighted by Gasteiger charge is 2.18. The third kappa shape index (κ3) is 4.53. The zero-order valence-electron chi connectivity index (χ0n) is 15.0. The molecule has 27 heavy (non-hydrogen) atoms. The minimum absolute atomic E-state index is 0.212. The lowest BCUT2D eigenvalue weighted by Gasteiger charge is -2.28. The molecule has 9 heteroatoms. The van der Waals surface area contributed by atoms with E-state index in [1.807, 2.05) is 4.90 Å². The van der Waals surface area contributed by atoms with Crippen LogP contribution in [0.25, 0.3) is 0 Å². The van der Waals surface area contributed by atoms with Gasteiger partial charge in [-0.25, -0.2) is 14.8 Å². The molecule has 0 unspecified atom stereocenters. The van der Waals surface area contributed by atoms with Crippen LogP contribution in [-0.2, 0) is 9.47 Å². The van der Waals surface area contributed by atoms with E-state index in [9.17, 15) is 9.59 Å². The summed E-state index contributed by atoms with van der Waals surface area (Å²) in [5.74, 6) is 0.192. The van der Waals surface area contributed by atoms with Crippen molar-refractivity contribution in [2.45, 2.75) is 6.92 Å². The second kappa shape index (κ2) is 8.32. The van der Waals surface area contributed by atoms with E-state index < -0.39 is 11.9 Å². The smallest absolute Gasteiger partial charge is 0.337 e. The van der Waals surface area contributed by atoms with Crippen LogP contribution in [0.3, 0.4) is 0 Å². The molecule has 1 aromatic heterocycles. The Balaban J connectivity index is 1.84. The number of hydrogen-bond acceptors (Lipinski definition) is 7. The summed E-state index contributed by atoms with van der Waals surface area (Å²) in [4.78, 5) is 35.0. The summed E-state index contributed by atoms with van der Waals surface area (Å²) in [6, 6.07) is 6.14. The second-order valence-corrected chi connectivity index (χ2v) is 6.31. The molecule has 1 fully saturated rings. The topological polar surface area (TPSA) is 93.7 Å². The molecular formula is C18H19ClN4O4. The minimum Gasteiger partial charge on any atom is -0.465 e. The van der Waals surface area contributed by atoms with E-state index in [-0.39, 0.29) is 11.3 Å². The van der Waals surface area contributed by atoms with Crippen molar-refractivity contribution in [3.05, 3.63) is 46.4 Å². The predicted octanol–water partition coefficient (Wildman–Crippen LogP) is 2.31. The number of halogens is 1. The molecule has 142 valence electrons. The molecule has 0 radical (unpaired) electrons. The molecule has 1 N–H and O–H groups in total. The van der Waals surface area contributed by atoms with E-state index in [2.05, 4.69) is 20.0 Å². The zero-order chi connectivity index (χ0) is 19.4. The van der Waals surface area contributed by atoms with Gasteiger partial charge in [0.05, 0.1) is 36.6 Å². The van der Waals surface area contributed by atoms with E-state index in [0.29, 0.717) is 48.7 Å². The Morgan fingerprint density at radius 2 is 1.96 bits per heavy atom. The van der Waals surface area contributed by atoms with Crippen LogP contribution in [-0.4, -0.2) is 55.3 Å². The molecule has 1 aliphatic heterocycles. The molecule has 1 aromatic carbocycles. The fraction of sp³-hybridized carbons (Fsp3) is 0.333. The standard InChI is InChI=1S/C18H19ClN4O4/c1-11-20-15(10-16(21-11)23-5-7-27-8-6-23)17(24)22-14-9-12(18(25)26-2)3-4-13(14)19/h3-4,9-10H,5-8H2,1-2H3,(H,22,24). The molecular weight excluding hydrogens is 372 g/mol. The van der Waals surface area contributed by atoms with Gasteiger partial charge >= 0.3 is 5.97 Å². The molecule has 0 aliphatic carbocycles. The normalized spacial score (nSPS) is 14.0. The summed E-state index contributed by atoms with van der Waals surface area (Å²) in [7, 11) is 1.28. The molecule has 0 saturated carbocycles. The van der Waals surface area contributed by atoms with Crippen molar-refractivity contribution in [3.63, 3.8) is 0 Å². The first kappa shape index (κ1) is 19.1. The number of carbonyl (C=O) groups is 2. The van der Waals surface area contributed by atoms with Crippen LogP contribution < -0.4 is 10.2 Å². The van der Waals surface area contributed by atoms with Crippen LogP contribution in [0.5, 0.6) is 0 Å². The highest BCUT2D eigenvalue weighted by atomic mass is 35.5. The average Bonchev–Trinajstić information content (AvgIpc) is 2.69. The van der Waals surface area contributed by atoms with Gasteiger partial charge in [-0.05, 0) is 25.1 Å². The SMILES string of the molecule is COC(=O)c1ccc(Cl)c(NC(=O)c2cc(N3CCOCC3)nc(C)n2)c1. The van der Waals surface area contributed by atoms with Gasteiger partial charge in [0.15, 0.2) is 0 Å².